The molecule has 1 rings (SSSR count). The van der Waals surface area contributed by atoms with Crippen molar-refractivity contribution >= 4 is 11.7 Å². The van der Waals surface area contributed by atoms with E-state index in [9.17, 15) is 29.9 Å². The minimum atomic E-state index is -0.781. The van der Waals surface area contributed by atoms with E-state index in [1.807, 2.05) is 12.2 Å². The molecular weight excluding hydrogens is 476 g/mol. The average molecular weight is 527 g/mol. The molecule has 3 N–H and O–H groups in total. The van der Waals surface area contributed by atoms with E-state index in [2.05, 4.69) is 17.1 Å². The molecule has 0 aromatic rings. The molecular formula is C28H50N2O7. The predicted molar refractivity (Wildman–Crippen MR) is 143 cm³/mol. The van der Waals surface area contributed by atoms with Crippen molar-refractivity contribution in [3.05, 3.63) is 22.3 Å². The Labute approximate surface area is 222 Å². The molecule has 4 atom stereocenters. The molecule has 1 aliphatic rings. The maximum atomic E-state index is 12.3. The van der Waals surface area contributed by atoms with Crippen LogP contribution in [-0.2, 0) is 14.4 Å². The zero-order chi connectivity index (χ0) is 27.3. The number of carbonyl (C=O) groups excluding carboxylic acids is 2. The lowest BCUT2D eigenvalue weighted by Gasteiger charge is -2.22. The molecule has 37 heavy (non-hydrogen) atoms. The number of Topliss-reactive ketones (excluding diaryl/α,β-unsaturated/α-hetero) is 1. The summed E-state index contributed by atoms with van der Waals surface area (Å²) in [6.07, 6.45) is 16.6. The molecule has 0 heterocycles. The summed E-state index contributed by atoms with van der Waals surface area (Å²) in [6, 6.07) is 0. The maximum Gasteiger partial charge on any atom is 0.294 e. The molecule has 0 bridgehead atoms. The Morgan fingerprint density at radius 2 is 1.62 bits per heavy atom. The normalized spacial score (nSPS) is 21.4. The van der Waals surface area contributed by atoms with Crippen LogP contribution in [0.3, 0.4) is 0 Å². The smallest absolute Gasteiger partial charge is 0.294 e. The summed E-state index contributed by atoms with van der Waals surface area (Å²) in [5.41, 5.74) is 0. The number of hydrogen-bond acceptors (Lipinski definition) is 7. The standard InChI is InChI=1S/C28H50N2O7/c1-2-3-4-5-10-15-23(31)18-19-25-24(26(32)22-27(25)33)16-11-6-7-12-17-28(34)29-20-13-8-9-14-21-37-30(35)36/h6,11,24-27,32-33H,2-5,7-10,12-22H2,1H3,(H,29,34)/b11-6-/t24-,25-,26+,27-/m1/s1. The third kappa shape index (κ3) is 16.5. The van der Waals surface area contributed by atoms with Gasteiger partial charge in [-0.15, -0.1) is 10.1 Å². The van der Waals surface area contributed by atoms with Gasteiger partial charge in [0.05, 0.1) is 18.8 Å². The first-order valence-corrected chi connectivity index (χ1v) is 14.4. The number of amides is 1. The number of nitrogens with one attached hydrogen (secondary N) is 1. The van der Waals surface area contributed by atoms with Crippen LogP contribution in [0.25, 0.3) is 0 Å². The van der Waals surface area contributed by atoms with Crippen LogP contribution >= 0.6 is 0 Å². The van der Waals surface area contributed by atoms with Gasteiger partial charge in [-0.05, 0) is 63.2 Å². The predicted octanol–water partition coefficient (Wildman–Crippen LogP) is 5.06. The van der Waals surface area contributed by atoms with Crippen LogP contribution in [0.1, 0.15) is 116 Å². The van der Waals surface area contributed by atoms with Crippen molar-refractivity contribution in [2.24, 2.45) is 11.8 Å². The monoisotopic (exact) mass is 526 g/mol. The molecule has 0 saturated heterocycles. The number of aliphatic hydroxyl groups is 2. The van der Waals surface area contributed by atoms with Gasteiger partial charge in [-0.25, -0.2) is 0 Å². The molecule has 1 amide bonds. The van der Waals surface area contributed by atoms with Gasteiger partial charge in [-0.2, -0.15) is 0 Å². The van der Waals surface area contributed by atoms with Gasteiger partial charge in [-0.1, -0.05) is 57.6 Å². The van der Waals surface area contributed by atoms with Crippen molar-refractivity contribution in [1.82, 2.24) is 5.32 Å². The van der Waals surface area contributed by atoms with Crippen LogP contribution in [0.4, 0.5) is 0 Å². The first kappa shape index (κ1) is 33.0. The fourth-order valence-corrected chi connectivity index (χ4v) is 5.07. The maximum absolute atomic E-state index is 12.3. The zero-order valence-electron chi connectivity index (χ0n) is 22.8. The van der Waals surface area contributed by atoms with Gasteiger partial charge >= 0.3 is 0 Å². The molecule has 0 spiro atoms. The Morgan fingerprint density at radius 1 is 0.919 bits per heavy atom. The number of aliphatic hydroxyl groups excluding tert-OH is 2. The highest BCUT2D eigenvalue weighted by Crippen LogP contribution is 2.38. The van der Waals surface area contributed by atoms with E-state index >= 15 is 0 Å². The number of ketones is 1. The van der Waals surface area contributed by atoms with E-state index in [-0.39, 0.29) is 30.1 Å². The van der Waals surface area contributed by atoms with Gasteiger partial charge in [0.1, 0.15) is 5.78 Å². The van der Waals surface area contributed by atoms with Gasteiger partial charge < -0.3 is 20.4 Å². The quantitative estimate of drug-likeness (QED) is 0.0732. The average Bonchev–Trinajstić information content (AvgIpc) is 3.12. The van der Waals surface area contributed by atoms with Crippen LogP contribution in [0.2, 0.25) is 0 Å². The topological polar surface area (TPSA) is 139 Å². The Kier molecular flexibility index (Phi) is 18.7. The molecule has 1 saturated carbocycles. The highest BCUT2D eigenvalue weighted by Gasteiger charge is 2.40. The minimum absolute atomic E-state index is 0.0227. The molecule has 0 aromatic heterocycles. The van der Waals surface area contributed by atoms with Gasteiger partial charge in [0.25, 0.3) is 5.09 Å². The highest BCUT2D eigenvalue weighted by molar-refractivity contribution is 5.78. The van der Waals surface area contributed by atoms with Gasteiger partial charge in [0.2, 0.25) is 5.91 Å². The Balaban J connectivity index is 2.15. The largest absolute Gasteiger partial charge is 0.393 e. The molecule has 1 aliphatic carbocycles. The summed E-state index contributed by atoms with van der Waals surface area (Å²) in [5, 5.41) is 33.0. The molecule has 214 valence electrons. The molecule has 0 radical (unpaired) electrons. The molecule has 0 unspecified atom stereocenters. The fraction of sp³-hybridized carbons (Fsp3) is 0.857. The van der Waals surface area contributed by atoms with E-state index in [0.29, 0.717) is 51.5 Å². The first-order chi connectivity index (χ1) is 17.8. The number of nitrogens with zero attached hydrogens (tertiary/aromatic N) is 1. The second-order valence-electron chi connectivity index (χ2n) is 10.4. The summed E-state index contributed by atoms with van der Waals surface area (Å²) in [7, 11) is 0. The molecule has 1 fully saturated rings. The zero-order valence-corrected chi connectivity index (χ0v) is 22.8. The van der Waals surface area contributed by atoms with E-state index in [4.69, 9.17) is 0 Å². The summed E-state index contributed by atoms with van der Waals surface area (Å²) in [6.45, 7) is 2.90. The summed E-state index contributed by atoms with van der Waals surface area (Å²) >= 11 is 0. The summed E-state index contributed by atoms with van der Waals surface area (Å²) in [4.78, 5) is 38.5. The SMILES string of the molecule is CCCCCCCC(=O)CC[C@@H]1[C@@H](C/C=C\CCCC(=O)NCCCCCCO[N+](=O)[O-])[C@@H](O)C[C@H]1O. The van der Waals surface area contributed by atoms with Crippen molar-refractivity contribution in [3.63, 3.8) is 0 Å². The highest BCUT2D eigenvalue weighted by atomic mass is 16.9. The van der Waals surface area contributed by atoms with Gasteiger partial charge in [0, 0.05) is 25.8 Å². The summed E-state index contributed by atoms with van der Waals surface area (Å²) < 4.78 is 0. The lowest BCUT2D eigenvalue weighted by Crippen LogP contribution is -2.23. The molecule has 9 heteroatoms. The van der Waals surface area contributed by atoms with Crippen LogP contribution < -0.4 is 5.32 Å². The number of allylic oxidation sites excluding steroid dienone is 2. The fourth-order valence-electron chi connectivity index (χ4n) is 5.07. The van der Waals surface area contributed by atoms with Crippen molar-refractivity contribution < 1.29 is 29.7 Å². The van der Waals surface area contributed by atoms with Crippen LogP contribution in [-0.4, -0.2) is 52.3 Å². The lowest BCUT2D eigenvalue weighted by molar-refractivity contribution is -0.757. The Bertz CT molecular complexity index is 671. The number of unbranched alkanes of at least 4 members (excludes halogenated alkanes) is 8. The van der Waals surface area contributed by atoms with Gasteiger partial charge in [0.15, 0.2) is 0 Å². The third-order valence-corrected chi connectivity index (χ3v) is 7.28. The Morgan fingerprint density at radius 3 is 2.38 bits per heavy atom. The van der Waals surface area contributed by atoms with E-state index in [1.54, 1.807) is 0 Å². The lowest BCUT2D eigenvalue weighted by atomic mass is 9.86. The van der Waals surface area contributed by atoms with E-state index in [0.717, 1.165) is 44.9 Å². The first-order valence-electron chi connectivity index (χ1n) is 14.4. The van der Waals surface area contributed by atoms with Crippen molar-refractivity contribution in [3.8, 4) is 0 Å². The van der Waals surface area contributed by atoms with Gasteiger partial charge in [-0.3, -0.25) is 9.59 Å². The minimum Gasteiger partial charge on any atom is -0.393 e. The molecule has 0 aliphatic heterocycles. The van der Waals surface area contributed by atoms with Crippen molar-refractivity contribution in [2.45, 2.75) is 128 Å². The number of rotatable bonds is 23. The number of carbonyl (C=O) groups is 2. The Hall–Kier alpha value is -2.00. The van der Waals surface area contributed by atoms with Crippen molar-refractivity contribution in [1.29, 1.82) is 0 Å². The second kappa shape index (κ2) is 21.0. The third-order valence-electron chi connectivity index (χ3n) is 7.28. The second-order valence-corrected chi connectivity index (χ2v) is 10.4. The van der Waals surface area contributed by atoms with E-state index < -0.39 is 17.3 Å². The number of hydrogen-bond donors (Lipinski definition) is 3. The van der Waals surface area contributed by atoms with Crippen LogP contribution in [0.15, 0.2) is 12.2 Å². The molecule has 0 aromatic carbocycles. The van der Waals surface area contributed by atoms with E-state index in [1.165, 1.54) is 19.3 Å². The van der Waals surface area contributed by atoms with Crippen LogP contribution in [0, 0.1) is 22.0 Å². The van der Waals surface area contributed by atoms with Crippen LogP contribution in [0.5, 0.6) is 0 Å². The van der Waals surface area contributed by atoms with Crippen molar-refractivity contribution in [2.75, 3.05) is 13.2 Å². The summed E-state index contributed by atoms with van der Waals surface area (Å²) in [5.74, 6) is 0.211. The molecule has 9 nitrogen and oxygen atoms in total.